The highest BCUT2D eigenvalue weighted by Crippen LogP contribution is 2.24. The summed E-state index contributed by atoms with van der Waals surface area (Å²) in [6.07, 6.45) is 0. The Bertz CT molecular complexity index is 578. The molecule has 4 nitrogen and oxygen atoms in total. The van der Waals surface area contributed by atoms with Crippen LogP contribution in [0.25, 0.3) is 10.9 Å². The van der Waals surface area contributed by atoms with E-state index >= 15 is 0 Å². The molecule has 0 spiro atoms. The Morgan fingerprint density at radius 2 is 2.00 bits per heavy atom. The van der Waals surface area contributed by atoms with E-state index in [2.05, 4.69) is 4.98 Å². The molecule has 1 aromatic heterocycles. The Morgan fingerprint density at radius 1 is 1.24 bits per heavy atom. The van der Waals surface area contributed by atoms with Gasteiger partial charge in [-0.15, -0.1) is 0 Å². The van der Waals surface area contributed by atoms with Crippen molar-refractivity contribution in [3.05, 3.63) is 35.5 Å². The van der Waals surface area contributed by atoms with Gasteiger partial charge in [0.05, 0.1) is 25.3 Å². The third-order valence-corrected chi connectivity index (χ3v) is 2.55. The van der Waals surface area contributed by atoms with Gasteiger partial charge in [-0.05, 0) is 31.2 Å². The average molecular weight is 231 g/mol. The highest BCUT2D eigenvalue weighted by Gasteiger charge is 2.12. The molecule has 0 atom stereocenters. The summed E-state index contributed by atoms with van der Waals surface area (Å²) in [5, 5.41) is 0.738. The van der Waals surface area contributed by atoms with Crippen molar-refractivity contribution in [2.75, 3.05) is 14.2 Å². The first kappa shape index (κ1) is 11.4. The number of ether oxygens (including phenoxy) is 2. The number of hydrogen-bond donors (Lipinski definition) is 0. The zero-order chi connectivity index (χ0) is 12.4. The summed E-state index contributed by atoms with van der Waals surface area (Å²) in [5.41, 5.74) is 2.04. The predicted octanol–water partition coefficient (Wildman–Crippen LogP) is 2.34. The van der Waals surface area contributed by atoms with E-state index in [0.717, 1.165) is 16.6 Å². The van der Waals surface area contributed by atoms with Gasteiger partial charge in [0, 0.05) is 11.1 Å². The van der Waals surface area contributed by atoms with Gasteiger partial charge in [0.1, 0.15) is 5.75 Å². The van der Waals surface area contributed by atoms with Crippen molar-refractivity contribution in [1.29, 1.82) is 0 Å². The molecule has 0 N–H and O–H groups in total. The second-order valence-electron chi connectivity index (χ2n) is 3.69. The lowest BCUT2D eigenvalue weighted by atomic mass is 10.1. The summed E-state index contributed by atoms with van der Waals surface area (Å²) in [6.45, 7) is 1.84. The molecule has 2 aromatic rings. The molecule has 0 aliphatic heterocycles. The molecule has 88 valence electrons. The van der Waals surface area contributed by atoms with Crippen LogP contribution in [0.15, 0.2) is 24.3 Å². The van der Waals surface area contributed by atoms with Crippen molar-refractivity contribution in [2.24, 2.45) is 0 Å². The minimum atomic E-state index is -0.367. The zero-order valence-corrected chi connectivity index (χ0v) is 9.98. The van der Waals surface area contributed by atoms with Crippen LogP contribution in [-0.4, -0.2) is 25.2 Å². The lowest BCUT2D eigenvalue weighted by molar-refractivity contribution is 0.0603. The van der Waals surface area contributed by atoms with Crippen molar-refractivity contribution >= 4 is 16.9 Å². The smallest absolute Gasteiger partial charge is 0.338 e. The van der Waals surface area contributed by atoms with Gasteiger partial charge in [0.15, 0.2) is 0 Å². The Balaban J connectivity index is 2.74. The first-order valence-electron chi connectivity index (χ1n) is 5.19. The van der Waals surface area contributed by atoms with Gasteiger partial charge in [0.2, 0.25) is 0 Å². The van der Waals surface area contributed by atoms with Crippen LogP contribution in [0.5, 0.6) is 5.75 Å². The molecule has 0 saturated carbocycles. The van der Waals surface area contributed by atoms with E-state index in [1.165, 1.54) is 7.11 Å². The molecule has 0 aliphatic rings. The summed E-state index contributed by atoms with van der Waals surface area (Å²) in [7, 11) is 2.95. The highest BCUT2D eigenvalue weighted by atomic mass is 16.5. The number of esters is 1. The molecule has 0 fully saturated rings. The largest absolute Gasteiger partial charge is 0.497 e. The lowest BCUT2D eigenvalue weighted by Crippen LogP contribution is -2.04. The molecule has 0 saturated heterocycles. The summed E-state index contributed by atoms with van der Waals surface area (Å²) in [6, 6.07) is 7.14. The number of rotatable bonds is 2. The molecular weight excluding hydrogens is 218 g/mol. The van der Waals surface area contributed by atoms with Crippen molar-refractivity contribution in [2.45, 2.75) is 6.92 Å². The van der Waals surface area contributed by atoms with Crippen molar-refractivity contribution < 1.29 is 14.3 Å². The third kappa shape index (κ3) is 2.06. The topological polar surface area (TPSA) is 48.4 Å². The monoisotopic (exact) mass is 231 g/mol. The maximum absolute atomic E-state index is 11.7. The zero-order valence-electron chi connectivity index (χ0n) is 9.98. The lowest BCUT2D eigenvalue weighted by Gasteiger charge is -2.07. The second-order valence-corrected chi connectivity index (χ2v) is 3.69. The standard InChI is InChI=1S/C13H13NO3/c1-8-6-11(13(15)17-3)10-7-9(16-2)4-5-12(10)14-8/h4-7H,1-3H3. The Hall–Kier alpha value is -2.10. The molecule has 0 bridgehead atoms. The van der Waals surface area contributed by atoms with E-state index in [9.17, 15) is 4.79 Å². The van der Waals surface area contributed by atoms with Gasteiger partial charge >= 0.3 is 5.97 Å². The number of carbonyl (C=O) groups is 1. The van der Waals surface area contributed by atoms with E-state index in [1.807, 2.05) is 19.1 Å². The van der Waals surface area contributed by atoms with Gasteiger partial charge in [-0.25, -0.2) is 4.79 Å². The first-order chi connectivity index (χ1) is 8.15. The number of hydrogen-bond acceptors (Lipinski definition) is 4. The molecule has 1 aromatic carbocycles. The van der Waals surface area contributed by atoms with Crippen LogP contribution < -0.4 is 4.74 Å². The van der Waals surface area contributed by atoms with Crippen molar-refractivity contribution in [3.63, 3.8) is 0 Å². The number of aryl methyl sites for hydroxylation is 1. The summed E-state index contributed by atoms with van der Waals surface area (Å²) >= 11 is 0. The first-order valence-corrected chi connectivity index (χ1v) is 5.19. The van der Waals surface area contributed by atoms with Crippen LogP contribution in [0, 0.1) is 6.92 Å². The molecule has 0 radical (unpaired) electrons. The molecule has 0 amide bonds. The van der Waals surface area contributed by atoms with Crippen molar-refractivity contribution in [1.82, 2.24) is 4.98 Å². The maximum Gasteiger partial charge on any atom is 0.338 e. The van der Waals surface area contributed by atoms with Gasteiger partial charge < -0.3 is 9.47 Å². The van der Waals surface area contributed by atoms with E-state index in [0.29, 0.717) is 11.3 Å². The number of carbonyl (C=O) groups excluding carboxylic acids is 1. The SMILES string of the molecule is COC(=O)c1cc(C)nc2ccc(OC)cc12. The molecule has 0 aliphatic carbocycles. The molecule has 2 rings (SSSR count). The summed E-state index contributed by atoms with van der Waals surface area (Å²) in [4.78, 5) is 16.1. The Kier molecular flexibility index (Phi) is 2.95. The van der Waals surface area contributed by atoms with E-state index in [1.54, 1.807) is 19.2 Å². The maximum atomic E-state index is 11.7. The van der Waals surface area contributed by atoms with Crippen LogP contribution in [-0.2, 0) is 4.74 Å². The van der Waals surface area contributed by atoms with Gasteiger partial charge in [-0.3, -0.25) is 4.98 Å². The molecule has 4 heteroatoms. The van der Waals surface area contributed by atoms with E-state index in [4.69, 9.17) is 9.47 Å². The number of nitrogens with zero attached hydrogens (tertiary/aromatic N) is 1. The van der Waals surface area contributed by atoms with Crippen LogP contribution in [0.3, 0.4) is 0 Å². The number of fused-ring (bicyclic) bond motifs is 1. The average Bonchev–Trinajstić information content (AvgIpc) is 2.36. The summed E-state index contributed by atoms with van der Waals surface area (Å²) in [5.74, 6) is 0.321. The van der Waals surface area contributed by atoms with Crippen LogP contribution in [0.4, 0.5) is 0 Å². The number of pyridine rings is 1. The molecule has 0 unspecified atom stereocenters. The second kappa shape index (κ2) is 4.41. The Labute approximate surface area is 99.2 Å². The number of aromatic nitrogens is 1. The van der Waals surface area contributed by atoms with Gasteiger partial charge in [-0.1, -0.05) is 0 Å². The highest BCUT2D eigenvalue weighted by molar-refractivity contribution is 6.03. The predicted molar refractivity (Wildman–Crippen MR) is 64.4 cm³/mol. The fourth-order valence-corrected chi connectivity index (χ4v) is 1.74. The van der Waals surface area contributed by atoms with Crippen LogP contribution >= 0.6 is 0 Å². The quantitative estimate of drug-likeness (QED) is 0.744. The van der Waals surface area contributed by atoms with Gasteiger partial charge in [0.25, 0.3) is 0 Å². The minimum Gasteiger partial charge on any atom is -0.497 e. The van der Waals surface area contributed by atoms with Gasteiger partial charge in [-0.2, -0.15) is 0 Å². The fourth-order valence-electron chi connectivity index (χ4n) is 1.74. The molecule has 17 heavy (non-hydrogen) atoms. The third-order valence-electron chi connectivity index (χ3n) is 2.55. The normalized spacial score (nSPS) is 10.3. The number of benzene rings is 1. The summed E-state index contributed by atoms with van der Waals surface area (Å²) < 4.78 is 9.91. The van der Waals surface area contributed by atoms with Crippen molar-refractivity contribution in [3.8, 4) is 5.75 Å². The van der Waals surface area contributed by atoms with Crippen LogP contribution in [0.2, 0.25) is 0 Å². The fraction of sp³-hybridized carbons (Fsp3) is 0.231. The molecule has 1 heterocycles. The number of methoxy groups -OCH3 is 2. The Morgan fingerprint density at radius 3 is 2.65 bits per heavy atom. The van der Waals surface area contributed by atoms with E-state index < -0.39 is 0 Å². The molecular formula is C13H13NO3. The minimum absolute atomic E-state index is 0.367. The van der Waals surface area contributed by atoms with E-state index in [-0.39, 0.29) is 5.97 Å². The van der Waals surface area contributed by atoms with Crippen LogP contribution in [0.1, 0.15) is 16.1 Å².